The molecular weight excluding hydrogens is 551 g/mol. The summed E-state index contributed by atoms with van der Waals surface area (Å²) in [5, 5.41) is 25.4. The minimum absolute atomic E-state index is 0.0770. The summed E-state index contributed by atoms with van der Waals surface area (Å²) in [6.07, 6.45) is 2.61. The first-order valence-electron chi connectivity index (χ1n) is 13.4. The van der Waals surface area contributed by atoms with Gasteiger partial charge in [-0.3, -0.25) is 9.59 Å². The molecule has 17 heteroatoms. The number of hydrogen-bond donors (Lipinski definition) is 4. The van der Waals surface area contributed by atoms with Crippen LogP contribution in [0.4, 0.5) is 22.0 Å². The molecular formula is C26H30B3N9O5. The van der Waals surface area contributed by atoms with Crippen LogP contribution in [0.5, 0.6) is 5.75 Å². The van der Waals surface area contributed by atoms with Crippen LogP contribution < -0.4 is 26.0 Å². The summed E-state index contributed by atoms with van der Waals surface area (Å²) >= 11 is 0. The van der Waals surface area contributed by atoms with E-state index in [0.717, 1.165) is 12.8 Å². The van der Waals surface area contributed by atoms with E-state index in [-0.39, 0.29) is 35.6 Å². The van der Waals surface area contributed by atoms with Crippen LogP contribution in [-0.2, 0) is 16.1 Å². The number of nitrogens with zero attached hydrogens (tertiary/aromatic N) is 5. The Bertz CT molecular complexity index is 1500. The van der Waals surface area contributed by atoms with E-state index in [1.54, 1.807) is 45.2 Å². The van der Waals surface area contributed by atoms with Crippen LogP contribution in [0.1, 0.15) is 44.1 Å². The maximum Gasteiger partial charge on any atom is 0.407 e. The van der Waals surface area contributed by atoms with Crippen molar-refractivity contribution in [3.05, 3.63) is 36.2 Å². The zero-order valence-corrected chi connectivity index (χ0v) is 24.3. The maximum atomic E-state index is 12.9. The molecule has 2 heterocycles. The van der Waals surface area contributed by atoms with Crippen molar-refractivity contribution in [3.63, 3.8) is 0 Å². The molecule has 14 nitrogen and oxygen atoms in total. The van der Waals surface area contributed by atoms with Gasteiger partial charge in [0.15, 0.2) is 17.3 Å². The summed E-state index contributed by atoms with van der Waals surface area (Å²) < 4.78 is 10.9. The number of para-hydroxylation sites is 1. The standard InChI is InChI=1S/C26H30B3N9O5/c1-25(2,3)43-24(41)30-10-11-38-31-13-18(37-38)15-6-5-7-16(21(15)42-4)32-17-12-19(33-22(39)14-8-9-14)35-36-20(17)23(40)34-26(27,28)29/h5-7,12-14H,8-11H2,1-4H3,(H,30,41)(H,34,40)(H2,32,33,35,39). The number of methoxy groups -OCH3 is 1. The van der Waals surface area contributed by atoms with Gasteiger partial charge in [0.05, 0.1) is 54.8 Å². The number of carbonyl (C=O) groups is 3. The monoisotopic (exact) mass is 581 g/mol. The lowest BCUT2D eigenvalue weighted by Crippen LogP contribution is -2.50. The van der Waals surface area contributed by atoms with Gasteiger partial charge in [-0.2, -0.15) is 15.0 Å². The molecule has 3 aromatic rings. The van der Waals surface area contributed by atoms with Gasteiger partial charge in [-0.1, -0.05) is 11.3 Å². The van der Waals surface area contributed by atoms with Crippen LogP contribution in [0.3, 0.4) is 0 Å². The molecule has 4 N–H and O–H groups in total. The highest BCUT2D eigenvalue weighted by atomic mass is 16.6. The van der Waals surface area contributed by atoms with E-state index < -0.39 is 22.8 Å². The lowest BCUT2D eigenvalue weighted by molar-refractivity contribution is -0.117. The van der Waals surface area contributed by atoms with Gasteiger partial charge in [-0.25, -0.2) is 4.79 Å². The van der Waals surface area contributed by atoms with Gasteiger partial charge in [0, 0.05) is 24.1 Å². The van der Waals surface area contributed by atoms with Crippen molar-refractivity contribution in [3.8, 4) is 17.0 Å². The molecule has 2 aromatic heterocycles. The number of carbonyl (C=O) groups excluding carboxylic acids is 3. The Morgan fingerprint density at radius 2 is 1.84 bits per heavy atom. The topological polar surface area (TPSA) is 174 Å². The molecule has 1 fully saturated rings. The van der Waals surface area contributed by atoms with Gasteiger partial charge < -0.3 is 30.7 Å². The lowest BCUT2D eigenvalue weighted by Gasteiger charge is -2.23. The maximum absolute atomic E-state index is 12.9. The molecule has 0 spiro atoms. The predicted octanol–water partition coefficient (Wildman–Crippen LogP) is 1.21. The van der Waals surface area contributed by atoms with Crippen molar-refractivity contribution < 1.29 is 23.9 Å². The largest absolute Gasteiger partial charge is 0.494 e. The van der Waals surface area contributed by atoms with Crippen molar-refractivity contribution in [1.29, 1.82) is 0 Å². The molecule has 1 aliphatic rings. The summed E-state index contributed by atoms with van der Waals surface area (Å²) in [4.78, 5) is 38.6. The predicted molar refractivity (Wildman–Crippen MR) is 160 cm³/mol. The Morgan fingerprint density at radius 3 is 2.49 bits per heavy atom. The van der Waals surface area contributed by atoms with E-state index in [0.29, 0.717) is 29.2 Å². The van der Waals surface area contributed by atoms with Gasteiger partial charge in [-0.15, -0.1) is 10.2 Å². The van der Waals surface area contributed by atoms with E-state index in [1.807, 2.05) is 0 Å². The van der Waals surface area contributed by atoms with Crippen LogP contribution in [0.15, 0.2) is 30.5 Å². The molecule has 4 rings (SSSR count). The number of ether oxygens (including phenoxy) is 2. The smallest absolute Gasteiger partial charge is 0.407 e. The van der Waals surface area contributed by atoms with Crippen LogP contribution in [0, 0.1) is 5.92 Å². The van der Waals surface area contributed by atoms with E-state index in [1.165, 1.54) is 18.0 Å². The zero-order valence-electron chi connectivity index (χ0n) is 24.3. The average Bonchev–Trinajstić information content (AvgIpc) is 3.65. The fourth-order valence-corrected chi connectivity index (χ4v) is 3.85. The highest BCUT2D eigenvalue weighted by Gasteiger charge is 2.30. The van der Waals surface area contributed by atoms with E-state index in [9.17, 15) is 14.4 Å². The van der Waals surface area contributed by atoms with E-state index >= 15 is 0 Å². The number of hydrogen-bond acceptors (Lipinski definition) is 10. The zero-order chi connectivity index (χ0) is 31.4. The Kier molecular flexibility index (Phi) is 9.31. The third-order valence-electron chi connectivity index (χ3n) is 5.82. The fraction of sp³-hybridized carbons (Fsp3) is 0.423. The quantitative estimate of drug-likeness (QED) is 0.241. The minimum atomic E-state index is -2.01. The number of rotatable bonds is 11. The third-order valence-corrected chi connectivity index (χ3v) is 5.82. The molecule has 1 saturated carbocycles. The second-order valence-corrected chi connectivity index (χ2v) is 10.9. The number of aromatic nitrogens is 5. The summed E-state index contributed by atoms with van der Waals surface area (Å²) in [5.41, 5.74) is 0.867. The SMILES string of the molecule is [B]C([B])([B])NC(=O)c1nnc(NC(=O)C2CC2)cc1Nc1cccc(-c2cnn(CCNC(=O)OC(C)(C)C)n2)c1OC. The number of amides is 3. The summed E-state index contributed by atoms with van der Waals surface area (Å²) in [6, 6.07) is 6.69. The second-order valence-electron chi connectivity index (χ2n) is 10.9. The summed E-state index contributed by atoms with van der Waals surface area (Å²) in [7, 11) is 18.1. The van der Waals surface area contributed by atoms with Crippen molar-refractivity contribution in [2.45, 2.75) is 51.0 Å². The molecule has 43 heavy (non-hydrogen) atoms. The Labute approximate surface area is 252 Å². The van der Waals surface area contributed by atoms with Crippen LogP contribution in [-0.4, -0.2) is 91.1 Å². The van der Waals surface area contributed by atoms with Crippen LogP contribution in [0.2, 0.25) is 0 Å². The second kappa shape index (κ2) is 12.8. The Hall–Kier alpha value is -4.56. The molecule has 1 aliphatic carbocycles. The Balaban J connectivity index is 1.57. The first kappa shape index (κ1) is 31.4. The molecule has 0 bridgehead atoms. The normalized spacial score (nSPS) is 13.1. The van der Waals surface area contributed by atoms with Gasteiger partial charge in [0.25, 0.3) is 5.91 Å². The number of nitrogens with one attached hydrogen (secondary N) is 4. The van der Waals surface area contributed by atoms with Gasteiger partial charge in [0.2, 0.25) is 5.91 Å². The third kappa shape index (κ3) is 8.96. The first-order chi connectivity index (χ1) is 20.2. The molecule has 1 aromatic carbocycles. The summed E-state index contributed by atoms with van der Waals surface area (Å²) in [6.45, 7) is 5.88. The number of anilines is 3. The van der Waals surface area contributed by atoms with E-state index in [2.05, 4.69) is 41.7 Å². The first-order valence-corrected chi connectivity index (χ1v) is 13.4. The molecule has 0 aliphatic heterocycles. The van der Waals surface area contributed by atoms with Crippen LogP contribution in [0.25, 0.3) is 11.3 Å². The fourth-order valence-electron chi connectivity index (χ4n) is 3.85. The minimum Gasteiger partial charge on any atom is -0.494 e. The van der Waals surface area contributed by atoms with Gasteiger partial charge in [0.1, 0.15) is 11.3 Å². The number of alkyl carbamates (subject to hydrolysis) is 1. The molecule has 218 valence electrons. The molecule has 0 unspecified atom stereocenters. The Morgan fingerprint density at radius 1 is 1.09 bits per heavy atom. The highest BCUT2D eigenvalue weighted by Crippen LogP contribution is 2.38. The average molecular weight is 581 g/mol. The lowest BCUT2D eigenvalue weighted by atomic mass is 9.49. The molecule has 6 radical (unpaired) electrons. The molecule has 3 amide bonds. The number of benzene rings is 1. The van der Waals surface area contributed by atoms with Crippen molar-refractivity contribution in [2.75, 3.05) is 24.3 Å². The van der Waals surface area contributed by atoms with E-state index in [4.69, 9.17) is 33.0 Å². The van der Waals surface area contributed by atoms with Crippen molar-refractivity contribution in [2.24, 2.45) is 5.92 Å². The van der Waals surface area contributed by atoms with Crippen LogP contribution >= 0.6 is 0 Å². The van der Waals surface area contributed by atoms with Gasteiger partial charge in [-0.05, 0) is 45.7 Å². The van der Waals surface area contributed by atoms with Crippen molar-refractivity contribution >= 4 is 58.6 Å². The summed E-state index contributed by atoms with van der Waals surface area (Å²) in [5.74, 6) is -0.564. The highest BCUT2D eigenvalue weighted by molar-refractivity contribution is 6.60. The molecule has 0 atom stereocenters. The van der Waals surface area contributed by atoms with Crippen molar-refractivity contribution in [1.82, 2.24) is 35.8 Å². The van der Waals surface area contributed by atoms with Gasteiger partial charge >= 0.3 is 6.09 Å². The molecule has 0 saturated heterocycles.